The molecule has 1 aromatic heterocycles. The number of fused-ring (bicyclic) bond motifs is 1. The van der Waals surface area contributed by atoms with Gasteiger partial charge < -0.3 is 10.0 Å². The molecule has 1 aromatic carbocycles. The number of phenols is 1. The fourth-order valence-corrected chi connectivity index (χ4v) is 2.33. The lowest BCUT2D eigenvalue weighted by molar-refractivity contribution is 0.434. The van der Waals surface area contributed by atoms with E-state index in [0.29, 0.717) is 5.52 Å². The summed E-state index contributed by atoms with van der Waals surface area (Å²) >= 11 is 0. The maximum absolute atomic E-state index is 9.84. The summed E-state index contributed by atoms with van der Waals surface area (Å²) in [6.07, 6.45) is 14.2. The Morgan fingerprint density at radius 1 is 1.25 bits per heavy atom. The first-order valence-electron chi connectivity index (χ1n) is 6.57. The van der Waals surface area contributed by atoms with Crippen LogP contribution in [0.15, 0.2) is 61.0 Å². The molecule has 3 rings (SSSR count). The lowest BCUT2D eigenvalue weighted by Crippen LogP contribution is -2.24. The standard InChI is InChI=1S/C17H16N2O/c1-19-12-3-2-5-14(19)9-8-13-10-11-18-17-15(13)6-4-7-16(17)20/h2-12,14,20H,1H3/b9-8+. The van der Waals surface area contributed by atoms with E-state index in [-0.39, 0.29) is 11.8 Å². The number of likely N-dealkylation sites (N-methyl/N-ethyl adjacent to an activating group) is 1. The van der Waals surface area contributed by atoms with Gasteiger partial charge in [0.15, 0.2) is 0 Å². The summed E-state index contributed by atoms with van der Waals surface area (Å²) in [5.74, 6) is 0.218. The van der Waals surface area contributed by atoms with Gasteiger partial charge in [0.05, 0.1) is 6.04 Å². The Kier molecular flexibility index (Phi) is 3.25. The van der Waals surface area contributed by atoms with Gasteiger partial charge in [-0.15, -0.1) is 0 Å². The zero-order chi connectivity index (χ0) is 13.9. The van der Waals surface area contributed by atoms with Crippen LogP contribution in [0.1, 0.15) is 5.56 Å². The average Bonchev–Trinajstić information content (AvgIpc) is 2.47. The number of aromatic hydroxyl groups is 1. The predicted molar refractivity (Wildman–Crippen MR) is 82.3 cm³/mol. The number of phenolic OH excluding ortho intramolecular Hbond substituents is 1. The summed E-state index contributed by atoms with van der Waals surface area (Å²) in [5, 5.41) is 10.8. The van der Waals surface area contributed by atoms with Crippen molar-refractivity contribution < 1.29 is 5.11 Å². The van der Waals surface area contributed by atoms with Crippen LogP contribution < -0.4 is 0 Å². The van der Waals surface area contributed by atoms with Crippen molar-refractivity contribution in [2.24, 2.45) is 0 Å². The number of hydrogen-bond donors (Lipinski definition) is 1. The SMILES string of the molecule is CN1C=CC=CC1/C=C/c1ccnc2c(O)cccc12. The van der Waals surface area contributed by atoms with Crippen LogP contribution in [-0.4, -0.2) is 28.1 Å². The van der Waals surface area contributed by atoms with Crippen molar-refractivity contribution in [3.8, 4) is 5.75 Å². The number of para-hydroxylation sites is 1. The molecule has 1 atom stereocenters. The minimum Gasteiger partial charge on any atom is -0.506 e. The number of benzene rings is 1. The van der Waals surface area contributed by atoms with Gasteiger partial charge in [-0.25, -0.2) is 0 Å². The minimum atomic E-state index is 0.218. The van der Waals surface area contributed by atoms with Crippen LogP contribution in [0.5, 0.6) is 5.75 Å². The number of allylic oxidation sites excluding steroid dienone is 2. The molecule has 1 aliphatic rings. The molecule has 0 spiro atoms. The van der Waals surface area contributed by atoms with Crippen LogP contribution in [0.3, 0.4) is 0 Å². The van der Waals surface area contributed by atoms with Crippen molar-refractivity contribution in [2.45, 2.75) is 6.04 Å². The molecule has 0 radical (unpaired) electrons. The van der Waals surface area contributed by atoms with Crippen LogP contribution in [-0.2, 0) is 0 Å². The third-order valence-electron chi connectivity index (χ3n) is 3.47. The molecule has 2 heterocycles. The van der Waals surface area contributed by atoms with Gasteiger partial charge in [0, 0.05) is 18.6 Å². The molecule has 1 N–H and O–H groups in total. The van der Waals surface area contributed by atoms with Crippen LogP contribution >= 0.6 is 0 Å². The first kappa shape index (κ1) is 12.5. The average molecular weight is 264 g/mol. The van der Waals surface area contributed by atoms with E-state index in [2.05, 4.69) is 28.1 Å². The topological polar surface area (TPSA) is 36.4 Å². The summed E-state index contributed by atoms with van der Waals surface area (Å²) in [6.45, 7) is 0. The third kappa shape index (κ3) is 2.30. The molecule has 2 aromatic rings. The highest BCUT2D eigenvalue weighted by Gasteiger charge is 2.07. The Morgan fingerprint density at radius 3 is 3.00 bits per heavy atom. The van der Waals surface area contributed by atoms with Gasteiger partial charge >= 0.3 is 0 Å². The van der Waals surface area contributed by atoms with Crippen molar-refractivity contribution >= 4 is 17.0 Å². The van der Waals surface area contributed by atoms with E-state index in [4.69, 9.17) is 0 Å². The van der Waals surface area contributed by atoms with E-state index in [0.717, 1.165) is 10.9 Å². The lowest BCUT2D eigenvalue weighted by Gasteiger charge is -2.23. The molecule has 0 aliphatic carbocycles. The smallest absolute Gasteiger partial charge is 0.141 e. The van der Waals surface area contributed by atoms with Gasteiger partial charge in [0.2, 0.25) is 0 Å². The van der Waals surface area contributed by atoms with E-state index in [1.54, 1.807) is 12.3 Å². The number of pyridine rings is 1. The second-order valence-corrected chi connectivity index (χ2v) is 4.82. The fraction of sp³-hybridized carbons (Fsp3) is 0.118. The number of aromatic nitrogens is 1. The van der Waals surface area contributed by atoms with E-state index in [9.17, 15) is 5.11 Å². The van der Waals surface area contributed by atoms with Crippen molar-refractivity contribution in [1.82, 2.24) is 9.88 Å². The molecule has 0 bridgehead atoms. The van der Waals surface area contributed by atoms with Gasteiger partial charge in [-0.3, -0.25) is 4.98 Å². The zero-order valence-corrected chi connectivity index (χ0v) is 11.3. The first-order chi connectivity index (χ1) is 9.75. The highest BCUT2D eigenvalue weighted by molar-refractivity contribution is 5.91. The van der Waals surface area contributed by atoms with Gasteiger partial charge in [-0.1, -0.05) is 36.4 Å². The molecule has 3 nitrogen and oxygen atoms in total. The van der Waals surface area contributed by atoms with Crippen LogP contribution in [0.25, 0.3) is 17.0 Å². The lowest BCUT2D eigenvalue weighted by atomic mass is 10.1. The maximum atomic E-state index is 9.84. The van der Waals surface area contributed by atoms with Gasteiger partial charge in [-0.2, -0.15) is 0 Å². The Morgan fingerprint density at radius 2 is 2.15 bits per heavy atom. The Labute approximate surface area is 118 Å². The van der Waals surface area contributed by atoms with E-state index in [1.807, 2.05) is 43.6 Å². The molecule has 0 saturated carbocycles. The minimum absolute atomic E-state index is 0.218. The normalized spacial score (nSPS) is 18.2. The second kappa shape index (κ2) is 5.21. The number of rotatable bonds is 2. The number of hydrogen-bond acceptors (Lipinski definition) is 3. The van der Waals surface area contributed by atoms with Crippen LogP contribution in [0.4, 0.5) is 0 Å². The largest absolute Gasteiger partial charge is 0.506 e. The highest BCUT2D eigenvalue weighted by Crippen LogP contribution is 2.25. The quantitative estimate of drug-likeness (QED) is 0.903. The molecule has 0 saturated heterocycles. The predicted octanol–water partition coefficient (Wildman–Crippen LogP) is 3.34. The third-order valence-corrected chi connectivity index (χ3v) is 3.47. The highest BCUT2D eigenvalue weighted by atomic mass is 16.3. The summed E-state index contributed by atoms with van der Waals surface area (Å²) in [4.78, 5) is 6.37. The first-order valence-corrected chi connectivity index (χ1v) is 6.57. The van der Waals surface area contributed by atoms with Crippen molar-refractivity contribution in [3.05, 3.63) is 66.5 Å². The van der Waals surface area contributed by atoms with E-state index < -0.39 is 0 Å². The van der Waals surface area contributed by atoms with Gasteiger partial charge in [-0.05, 0) is 30.0 Å². The van der Waals surface area contributed by atoms with Crippen molar-refractivity contribution in [3.63, 3.8) is 0 Å². The molecule has 0 amide bonds. The zero-order valence-electron chi connectivity index (χ0n) is 11.3. The molecular formula is C17H16N2O. The van der Waals surface area contributed by atoms with Crippen LogP contribution in [0, 0.1) is 0 Å². The Bertz CT molecular complexity index is 716. The summed E-state index contributed by atoms with van der Waals surface area (Å²) in [6, 6.07) is 7.68. The molecule has 0 fully saturated rings. The maximum Gasteiger partial charge on any atom is 0.141 e. The summed E-state index contributed by atoms with van der Waals surface area (Å²) < 4.78 is 0. The Balaban J connectivity index is 1.97. The molecule has 1 unspecified atom stereocenters. The summed E-state index contributed by atoms with van der Waals surface area (Å²) in [5.41, 5.74) is 1.70. The van der Waals surface area contributed by atoms with Gasteiger partial charge in [0.1, 0.15) is 11.3 Å². The van der Waals surface area contributed by atoms with Crippen molar-refractivity contribution in [2.75, 3.05) is 7.05 Å². The molecule has 20 heavy (non-hydrogen) atoms. The second-order valence-electron chi connectivity index (χ2n) is 4.82. The Hall–Kier alpha value is -2.55. The van der Waals surface area contributed by atoms with E-state index >= 15 is 0 Å². The van der Waals surface area contributed by atoms with Crippen molar-refractivity contribution in [1.29, 1.82) is 0 Å². The molecule has 3 heteroatoms. The van der Waals surface area contributed by atoms with E-state index in [1.165, 1.54) is 0 Å². The molecule has 100 valence electrons. The van der Waals surface area contributed by atoms with Crippen LogP contribution in [0.2, 0.25) is 0 Å². The fourth-order valence-electron chi connectivity index (χ4n) is 2.33. The monoisotopic (exact) mass is 264 g/mol. The summed E-state index contributed by atoms with van der Waals surface area (Å²) in [7, 11) is 2.05. The van der Waals surface area contributed by atoms with Gasteiger partial charge in [0.25, 0.3) is 0 Å². The number of nitrogens with zero attached hydrogens (tertiary/aromatic N) is 2. The molecular weight excluding hydrogens is 248 g/mol. The molecule has 1 aliphatic heterocycles.